The van der Waals surface area contributed by atoms with Gasteiger partial charge in [0.05, 0.1) is 22.1 Å². The number of nitrogens with one attached hydrogen (secondary N) is 1. The van der Waals surface area contributed by atoms with E-state index >= 15 is 0 Å². The van der Waals surface area contributed by atoms with E-state index in [1.165, 1.54) is 37.6 Å². The van der Waals surface area contributed by atoms with Crippen LogP contribution in [0.1, 0.15) is 27.2 Å². The number of amides is 1. The molecule has 0 aliphatic heterocycles. The van der Waals surface area contributed by atoms with Crippen molar-refractivity contribution in [2.24, 2.45) is 0 Å². The molecule has 0 fully saturated rings. The molecular formula is C20H16F4N4O3S. The molecule has 1 N–H and O–H groups in total. The van der Waals surface area contributed by atoms with Crippen LogP contribution in [0, 0.1) is 19.8 Å². The van der Waals surface area contributed by atoms with Crippen LogP contribution in [0.15, 0.2) is 41.7 Å². The van der Waals surface area contributed by atoms with Gasteiger partial charge in [-0.15, -0.1) is 0 Å². The summed E-state index contributed by atoms with van der Waals surface area (Å²) in [7, 11) is -1.44. The number of hydrogen-bond donors (Lipinski definition) is 1. The highest BCUT2D eigenvalue weighted by atomic mass is 32.2. The van der Waals surface area contributed by atoms with Crippen LogP contribution in [0.25, 0.3) is 0 Å². The molecule has 0 saturated heterocycles. The second kappa shape index (κ2) is 8.99. The van der Waals surface area contributed by atoms with Crippen LogP contribution in [0.5, 0.6) is 11.6 Å². The number of alkyl halides is 3. The largest absolute Gasteiger partial charge is 0.436 e. The summed E-state index contributed by atoms with van der Waals surface area (Å²) in [5, 5.41) is 2.62. The zero-order chi connectivity index (χ0) is 23.6. The van der Waals surface area contributed by atoms with Crippen LogP contribution < -0.4 is 10.1 Å². The van der Waals surface area contributed by atoms with Crippen molar-refractivity contribution in [1.29, 1.82) is 0 Å². The maximum atomic E-state index is 13.4. The van der Waals surface area contributed by atoms with Gasteiger partial charge in [0.15, 0.2) is 5.75 Å². The smallest absolute Gasteiger partial charge is 0.418 e. The lowest BCUT2D eigenvalue weighted by Gasteiger charge is -2.17. The highest BCUT2D eigenvalue weighted by Crippen LogP contribution is 2.36. The second-order valence-corrected chi connectivity index (χ2v) is 7.91. The van der Waals surface area contributed by atoms with Gasteiger partial charge < -0.3 is 10.1 Å². The molecule has 0 aromatic carbocycles. The van der Waals surface area contributed by atoms with Crippen molar-refractivity contribution in [2.45, 2.75) is 25.0 Å². The Labute approximate surface area is 182 Å². The first kappa shape index (κ1) is 23.3. The standard InChI is InChI=1S/C20H16F4N4O3S/c1-10-13(20(22,23)24)9-26-19(31-14-4-5-15(21)27-11(14)2)17(10)18(29)28-12-6-7-25-16(8-12)32(3)30/h4-9H,1-3H3,(H,25,28,29). The quantitative estimate of drug-likeness (QED) is 0.440. The van der Waals surface area contributed by atoms with Crippen molar-refractivity contribution in [3.8, 4) is 11.6 Å². The van der Waals surface area contributed by atoms with Crippen molar-refractivity contribution in [2.75, 3.05) is 11.6 Å². The summed E-state index contributed by atoms with van der Waals surface area (Å²) in [4.78, 5) is 24.1. The Morgan fingerprint density at radius 3 is 2.50 bits per heavy atom. The van der Waals surface area contributed by atoms with Gasteiger partial charge in [-0.25, -0.2) is 15.0 Å². The monoisotopic (exact) mass is 468 g/mol. The summed E-state index contributed by atoms with van der Waals surface area (Å²) in [5.74, 6) is -2.12. The Bertz CT molecular complexity index is 1220. The van der Waals surface area contributed by atoms with Crippen molar-refractivity contribution in [3.63, 3.8) is 0 Å². The Morgan fingerprint density at radius 1 is 1.16 bits per heavy atom. The van der Waals surface area contributed by atoms with Gasteiger partial charge in [-0.05, 0) is 43.7 Å². The lowest BCUT2D eigenvalue weighted by atomic mass is 10.0. The van der Waals surface area contributed by atoms with Crippen LogP contribution >= 0.6 is 0 Å². The average Bonchev–Trinajstić information content (AvgIpc) is 2.69. The molecule has 32 heavy (non-hydrogen) atoms. The maximum absolute atomic E-state index is 13.4. The van der Waals surface area contributed by atoms with Crippen LogP contribution in [0.4, 0.5) is 23.2 Å². The molecule has 7 nitrogen and oxygen atoms in total. The van der Waals surface area contributed by atoms with E-state index in [9.17, 15) is 26.6 Å². The normalized spacial score (nSPS) is 12.3. The van der Waals surface area contributed by atoms with Gasteiger partial charge in [-0.3, -0.25) is 9.00 Å². The molecule has 12 heteroatoms. The second-order valence-electron chi connectivity index (χ2n) is 6.59. The van der Waals surface area contributed by atoms with E-state index in [4.69, 9.17) is 4.74 Å². The van der Waals surface area contributed by atoms with Gasteiger partial charge in [-0.2, -0.15) is 17.6 Å². The molecule has 0 bridgehead atoms. The maximum Gasteiger partial charge on any atom is 0.418 e. The summed E-state index contributed by atoms with van der Waals surface area (Å²) in [5.41, 5.74) is -1.73. The molecule has 1 amide bonds. The molecule has 1 unspecified atom stereocenters. The molecule has 3 heterocycles. The predicted octanol–water partition coefficient (Wildman–Crippen LogP) is 4.43. The van der Waals surface area contributed by atoms with Crippen molar-refractivity contribution < 1.29 is 31.3 Å². The first-order valence-corrected chi connectivity index (χ1v) is 10.5. The fourth-order valence-corrected chi connectivity index (χ4v) is 3.28. The van der Waals surface area contributed by atoms with E-state index in [1.54, 1.807) is 0 Å². The van der Waals surface area contributed by atoms with Crippen LogP contribution in [0.3, 0.4) is 0 Å². The number of rotatable bonds is 5. The lowest BCUT2D eigenvalue weighted by molar-refractivity contribution is -0.138. The number of hydrogen-bond acceptors (Lipinski definition) is 6. The van der Waals surface area contributed by atoms with Gasteiger partial charge in [0.25, 0.3) is 5.91 Å². The number of anilines is 1. The molecule has 1 atom stereocenters. The van der Waals surface area contributed by atoms with E-state index in [1.807, 2.05) is 0 Å². The minimum absolute atomic E-state index is 0.0136. The van der Waals surface area contributed by atoms with E-state index in [0.29, 0.717) is 6.20 Å². The zero-order valence-corrected chi connectivity index (χ0v) is 17.8. The topological polar surface area (TPSA) is 94.1 Å². The van der Waals surface area contributed by atoms with Gasteiger partial charge >= 0.3 is 6.18 Å². The summed E-state index contributed by atoms with van der Waals surface area (Å²) < 4.78 is 70.7. The minimum Gasteiger partial charge on any atom is -0.436 e. The molecule has 168 valence electrons. The number of nitrogens with zero attached hydrogens (tertiary/aromatic N) is 3. The number of halogens is 4. The number of ether oxygens (including phenoxy) is 1. The van der Waals surface area contributed by atoms with Crippen molar-refractivity contribution >= 4 is 22.4 Å². The molecule has 3 rings (SSSR count). The van der Waals surface area contributed by atoms with Gasteiger partial charge in [0.1, 0.15) is 10.6 Å². The third kappa shape index (κ3) is 5.07. The first-order valence-electron chi connectivity index (χ1n) is 8.96. The summed E-state index contributed by atoms with van der Waals surface area (Å²) in [6, 6.07) is 4.94. The fraction of sp³-hybridized carbons (Fsp3) is 0.200. The number of carbonyl (C=O) groups is 1. The molecular weight excluding hydrogens is 452 g/mol. The van der Waals surface area contributed by atoms with E-state index < -0.39 is 51.4 Å². The van der Waals surface area contributed by atoms with E-state index in [0.717, 1.165) is 13.0 Å². The van der Waals surface area contributed by atoms with Crippen molar-refractivity contribution in [3.05, 3.63) is 65.0 Å². The zero-order valence-electron chi connectivity index (χ0n) is 17.0. The van der Waals surface area contributed by atoms with E-state index in [-0.39, 0.29) is 22.2 Å². The molecule has 3 aromatic rings. The lowest BCUT2D eigenvalue weighted by Crippen LogP contribution is -2.19. The van der Waals surface area contributed by atoms with Crippen LogP contribution in [0.2, 0.25) is 0 Å². The number of aryl methyl sites for hydroxylation is 1. The number of carbonyl (C=O) groups excluding carboxylic acids is 1. The van der Waals surface area contributed by atoms with Crippen LogP contribution in [-0.2, 0) is 17.0 Å². The molecule has 0 aliphatic rings. The molecule has 0 spiro atoms. The van der Waals surface area contributed by atoms with Gasteiger partial charge in [0, 0.05) is 24.3 Å². The van der Waals surface area contributed by atoms with E-state index in [2.05, 4.69) is 20.3 Å². The molecule has 0 radical (unpaired) electrons. The predicted molar refractivity (Wildman–Crippen MR) is 108 cm³/mol. The summed E-state index contributed by atoms with van der Waals surface area (Å²) in [6.07, 6.45) is -1.52. The van der Waals surface area contributed by atoms with Crippen LogP contribution in [-0.4, -0.2) is 31.3 Å². The minimum atomic E-state index is -4.76. The Morgan fingerprint density at radius 2 is 1.88 bits per heavy atom. The summed E-state index contributed by atoms with van der Waals surface area (Å²) in [6.45, 7) is 2.54. The first-order chi connectivity index (χ1) is 15.0. The number of aromatic nitrogens is 3. The molecule has 0 saturated carbocycles. The Balaban J connectivity index is 2.07. The Hall–Kier alpha value is -3.41. The highest BCUT2D eigenvalue weighted by Gasteiger charge is 2.36. The summed E-state index contributed by atoms with van der Waals surface area (Å²) >= 11 is 0. The van der Waals surface area contributed by atoms with Gasteiger partial charge in [-0.1, -0.05) is 0 Å². The average molecular weight is 468 g/mol. The van der Waals surface area contributed by atoms with Crippen molar-refractivity contribution in [1.82, 2.24) is 15.0 Å². The third-order valence-corrected chi connectivity index (χ3v) is 5.15. The molecule has 3 aromatic heterocycles. The number of pyridine rings is 3. The highest BCUT2D eigenvalue weighted by molar-refractivity contribution is 7.84. The molecule has 0 aliphatic carbocycles. The Kier molecular flexibility index (Phi) is 6.53. The van der Waals surface area contributed by atoms with Gasteiger partial charge in [0.2, 0.25) is 11.8 Å². The fourth-order valence-electron chi connectivity index (χ4n) is 2.78. The third-order valence-electron chi connectivity index (χ3n) is 4.33. The SMILES string of the molecule is Cc1nc(F)ccc1Oc1ncc(C(F)(F)F)c(C)c1C(=O)Nc1ccnc(S(C)=O)c1.